The van der Waals surface area contributed by atoms with E-state index in [1.807, 2.05) is 53.4 Å². The Labute approximate surface area is 200 Å². The van der Waals surface area contributed by atoms with Crippen molar-refractivity contribution in [1.82, 2.24) is 4.90 Å². The molecule has 2 heterocycles. The van der Waals surface area contributed by atoms with Crippen LogP contribution in [-0.4, -0.2) is 35.3 Å². The molecule has 0 atom stereocenters. The van der Waals surface area contributed by atoms with E-state index in [0.29, 0.717) is 37.9 Å². The Morgan fingerprint density at radius 3 is 2.26 bits per heavy atom. The molecule has 4 heteroatoms. The van der Waals surface area contributed by atoms with Gasteiger partial charge in [-0.3, -0.25) is 9.59 Å². The van der Waals surface area contributed by atoms with Crippen molar-refractivity contribution in [2.75, 3.05) is 13.1 Å². The largest absolute Gasteiger partial charge is 0.482 e. The van der Waals surface area contributed by atoms with Crippen molar-refractivity contribution in [3.05, 3.63) is 96.1 Å². The van der Waals surface area contributed by atoms with Gasteiger partial charge < -0.3 is 9.64 Å². The molecule has 3 aromatic carbocycles. The van der Waals surface area contributed by atoms with Gasteiger partial charge in [-0.15, -0.1) is 0 Å². The summed E-state index contributed by atoms with van der Waals surface area (Å²) in [6.45, 7) is 1.35. The summed E-state index contributed by atoms with van der Waals surface area (Å²) < 4.78 is 6.47. The van der Waals surface area contributed by atoms with Gasteiger partial charge in [0.25, 0.3) is 0 Å². The quantitative estimate of drug-likeness (QED) is 0.421. The highest BCUT2D eigenvalue weighted by molar-refractivity contribution is 5.96. The number of nitrogens with zero attached hydrogens (tertiary/aromatic N) is 1. The second kappa shape index (κ2) is 9.68. The molecule has 172 valence electrons. The summed E-state index contributed by atoms with van der Waals surface area (Å²) in [7, 11) is 0. The molecule has 0 saturated carbocycles. The molecule has 3 aromatic rings. The van der Waals surface area contributed by atoms with E-state index in [1.54, 1.807) is 0 Å². The number of hydrogen-bond acceptors (Lipinski definition) is 3. The summed E-state index contributed by atoms with van der Waals surface area (Å²) >= 11 is 0. The van der Waals surface area contributed by atoms with Crippen molar-refractivity contribution in [2.24, 2.45) is 0 Å². The van der Waals surface area contributed by atoms with Gasteiger partial charge in [0.05, 0.1) is 0 Å². The Bertz CT molecular complexity index is 1190. The van der Waals surface area contributed by atoms with Crippen molar-refractivity contribution >= 4 is 17.8 Å². The fourth-order valence-electron chi connectivity index (χ4n) is 4.81. The Kier molecular flexibility index (Phi) is 6.31. The second-order valence-electron chi connectivity index (χ2n) is 9.14. The lowest BCUT2D eigenvalue weighted by Crippen LogP contribution is -2.49. The highest BCUT2D eigenvalue weighted by atomic mass is 16.5. The predicted molar refractivity (Wildman–Crippen MR) is 135 cm³/mol. The van der Waals surface area contributed by atoms with Crippen LogP contribution in [0.2, 0.25) is 0 Å². The molecule has 1 amide bonds. The van der Waals surface area contributed by atoms with Crippen LogP contribution in [-0.2, 0) is 4.79 Å². The van der Waals surface area contributed by atoms with Crippen LogP contribution < -0.4 is 4.74 Å². The standard InChI is InChI=1S/C30H29NO3/c32-27(24-10-5-2-6-11-24)12-7-13-29(33)31-20-18-30(19-21-31)17-16-26-22-25(14-15-28(26)34-30)23-8-3-1-4-9-23/h1-6,8-11,14-17,22H,7,12-13,18-21H2. The van der Waals surface area contributed by atoms with E-state index in [0.717, 1.165) is 24.2 Å². The molecule has 34 heavy (non-hydrogen) atoms. The third-order valence-corrected chi connectivity index (χ3v) is 6.85. The number of hydrogen-bond donors (Lipinski definition) is 0. The first-order valence-corrected chi connectivity index (χ1v) is 12.1. The van der Waals surface area contributed by atoms with Crippen molar-refractivity contribution in [3.63, 3.8) is 0 Å². The SMILES string of the molecule is O=C(CCCC(=O)N1CCC2(C=Cc3cc(-c4ccccc4)ccc3O2)CC1)c1ccccc1. The van der Waals surface area contributed by atoms with Crippen LogP contribution in [0.5, 0.6) is 5.75 Å². The normalized spacial score (nSPS) is 16.1. The number of Topliss-reactive ketones (excluding diaryl/α,β-unsaturated/α-hetero) is 1. The molecule has 2 aliphatic heterocycles. The highest BCUT2D eigenvalue weighted by Crippen LogP contribution is 2.38. The number of likely N-dealkylation sites (tertiary alicyclic amines) is 1. The lowest BCUT2D eigenvalue weighted by Gasteiger charge is -2.42. The fraction of sp³-hybridized carbons (Fsp3) is 0.267. The maximum absolute atomic E-state index is 12.7. The molecular weight excluding hydrogens is 422 g/mol. The van der Waals surface area contributed by atoms with E-state index >= 15 is 0 Å². The average molecular weight is 452 g/mol. The summed E-state index contributed by atoms with van der Waals surface area (Å²) in [5.41, 5.74) is 3.83. The molecule has 2 aliphatic rings. The highest BCUT2D eigenvalue weighted by Gasteiger charge is 2.37. The van der Waals surface area contributed by atoms with E-state index in [2.05, 4.69) is 42.5 Å². The number of benzene rings is 3. The first-order valence-electron chi connectivity index (χ1n) is 12.1. The number of carbonyl (C=O) groups is 2. The minimum Gasteiger partial charge on any atom is -0.482 e. The van der Waals surface area contributed by atoms with Crippen molar-refractivity contribution in [2.45, 2.75) is 37.7 Å². The minimum atomic E-state index is -0.346. The zero-order valence-corrected chi connectivity index (χ0v) is 19.3. The first kappa shape index (κ1) is 22.1. The molecule has 4 nitrogen and oxygen atoms in total. The summed E-state index contributed by atoms with van der Waals surface area (Å²) in [6.07, 6.45) is 7.29. The van der Waals surface area contributed by atoms with Crippen molar-refractivity contribution < 1.29 is 14.3 Å². The van der Waals surface area contributed by atoms with Crippen LogP contribution in [0.3, 0.4) is 0 Å². The van der Waals surface area contributed by atoms with E-state index < -0.39 is 0 Å². The van der Waals surface area contributed by atoms with Crippen LogP contribution in [0, 0.1) is 0 Å². The van der Waals surface area contributed by atoms with E-state index in [-0.39, 0.29) is 17.3 Å². The van der Waals surface area contributed by atoms with Crippen molar-refractivity contribution in [3.8, 4) is 16.9 Å². The van der Waals surface area contributed by atoms with Gasteiger partial charge in [0.2, 0.25) is 5.91 Å². The van der Waals surface area contributed by atoms with Crippen LogP contribution in [0.25, 0.3) is 17.2 Å². The molecule has 0 aliphatic carbocycles. The molecule has 5 rings (SSSR count). The molecule has 1 saturated heterocycles. The van der Waals surface area contributed by atoms with Gasteiger partial charge in [0, 0.05) is 49.9 Å². The molecule has 0 N–H and O–H groups in total. The van der Waals surface area contributed by atoms with Gasteiger partial charge in [-0.05, 0) is 35.8 Å². The van der Waals surface area contributed by atoms with Crippen molar-refractivity contribution in [1.29, 1.82) is 0 Å². The number of amides is 1. The maximum atomic E-state index is 12.7. The summed E-state index contributed by atoms with van der Waals surface area (Å²) in [5, 5.41) is 0. The van der Waals surface area contributed by atoms with Gasteiger partial charge in [0.15, 0.2) is 5.78 Å². The Balaban J connectivity index is 1.14. The van der Waals surface area contributed by atoms with E-state index in [9.17, 15) is 9.59 Å². The Hall–Kier alpha value is -3.66. The smallest absolute Gasteiger partial charge is 0.222 e. The third-order valence-electron chi connectivity index (χ3n) is 6.85. The number of piperidine rings is 1. The number of ether oxygens (including phenoxy) is 1. The Morgan fingerprint density at radius 2 is 1.53 bits per heavy atom. The van der Waals surface area contributed by atoms with Crippen LogP contribution in [0.4, 0.5) is 0 Å². The molecular formula is C30H29NO3. The van der Waals surface area contributed by atoms with E-state index in [1.165, 1.54) is 11.1 Å². The third kappa shape index (κ3) is 4.81. The molecule has 0 radical (unpaired) electrons. The molecule has 0 bridgehead atoms. The van der Waals surface area contributed by atoms with Gasteiger partial charge in [-0.1, -0.05) is 72.8 Å². The minimum absolute atomic E-state index is 0.0980. The molecule has 0 aromatic heterocycles. The fourth-order valence-corrected chi connectivity index (χ4v) is 4.81. The van der Waals surface area contributed by atoms with E-state index in [4.69, 9.17) is 4.74 Å². The molecule has 1 fully saturated rings. The van der Waals surface area contributed by atoms with Crippen LogP contribution in [0.15, 0.2) is 84.9 Å². The lowest BCUT2D eigenvalue weighted by atomic mass is 9.87. The average Bonchev–Trinajstić information content (AvgIpc) is 2.89. The van der Waals surface area contributed by atoms with Gasteiger partial charge in [0.1, 0.15) is 11.4 Å². The second-order valence-corrected chi connectivity index (χ2v) is 9.14. The molecule has 1 spiro atoms. The van der Waals surface area contributed by atoms with Crippen LogP contribution >= 0.6 is 0 Å². The maximum Gasteiger partial charge on any atom is 0.222 e. The monoisotopic (exact) mass is 451 g/mol. The topological polar surface area (TPSA) is 46.6 Å². The summed E-state index contributed by atoms with van der Waals surface area (Å²) in [6, 6.07) is 26.0. The summed E-state index contributed by atoms with van der Waals surface area (Å²) in [4.78, 5) is 26.9. The zero-order valence-electron chi connectivity index (χ0n) is 19.3. The number of ketones is 1. The number of rotatable bonds is 6. The van der Waals surface area contributed by atoms with Gasteiger partial charge in [-0.25, -0.2) is 0 Å². The number of carbonyl (C=O) groups excluding carboxylic acids is 2. The summed E-state index contributed by atoms with van der Waals surface area (Å²) in [5.74, 6) is 1.13. The molecule has 0 unspecified atom stereocenters. The predicted octanol–water partition coefficient (Wildman–Crippen LogP) is 6.17. The van der Waals surface area contributed by atoms with Crippen LogP contribution in [0.1, 0.15) is 48.0 Å². The van der Waals surface area contributed by atoms with Gasteiger partial charge >= 0.3 is 0 Å². The Morgan fingerprint density at radius 1 is 0.824 bits per heavy atom. The first-order chi connectivity index (χ1) is 16.6. The number of fused-ring (bicyclic) bond motifs is 1. The van der Waals surface area contributed by atoms with Gasteiger partial charge in [-0.2, -0.15) is 0 Å². The zero-order chi connectivity index (χ0) is 23.4. The lowest BCUT2D eigenvalue weighted by molar-refractivity contribution is -0.134.